The lowest BCUT2D eigenvalue weighted by Gasteiger charge is -2.01. The Kier molecular flexibility index (Phi) is 4.52. The Morgan fingerprint density at radius 3 is 2.63 bits per heavy atom. The van der Waals surface area contributed by atoms with Gasteiger partial charge in [-0.1, -0.05) is 23.2 Å². The summed E-state index contributed by atoms with van der Waals surface area (Å²) in [6.07, 6.45) is 3.09. The maximum absolute atomic E-state index is 11.8. The molecule has 0 aliphatic rings. The van der Waals surface area contributed by atoms with Gasteiger partial charge in [0.2, 0.25) is 0 Å². The first kappa shape index (κ1) is 14.0. The number of carbonyl (C=O) groups excluding carboxylic acids is 1. The molecule has 98 valence electrons. The van der Waals surface area contributed by atoms with E-state index in [1.807, 2.05) is 0 Å². The first-order valence-electron chi connectivity index (χ1n) is 5.28. The second-order valence-electron chi connectivity index (χ2n) is 3.61. The fourth-order valence-electron chi connectivity index (χ4n) is 1.35. The Labute approximate surface area is 124 Å². The summed E-state index contributed by atoms with van der Waals surface area (Å²) in [7, 11) is 0. The number of hydrazone groups is 1. The van der Waals surface area contributed by atoms with Crippen LogP contribution < -0.4 is 5.43 Å². The molecule has 2 aromatic heterocycles. The molecule has 2 aromatic rings. The molecule has 0 fully saturated rings. The van der Waals surface area contributed by atoms with Crippen LogP contribution in [0.3, 0.4) is 0 Å². The smallest absolute Gasteiger partial charge is 0.267 e. The Hall–Kier alpha value is -1.43. The second kappa shape index (κ2) is 6.14. The molecule has 0 atom stereocenters. The molecule has 0 bridgehead atoms. The summed E-state index contributed by atoms with van der Waals surface area (Å²) in [4.78, 5) is 15.6. The molecule has 19 heavy (non-hydrogen) atoms. The molecule has 0 unspecified atom stereocenters. The third-order valence-electron chi connectivity index (χ3n) is 2.31. The lowest BCUT2D eigenvalue weighted by atomic mass is 10.2. The number of amides is 1. The van der Waals surface area contributed by atoms with Crippen LogP contribution >= 0.6 is 34.5 Å². The van der Waals surface area contributed by atoms with Gasteiger partial charge in [0.15, 0.2) is 0 Å². The number of carbonyl (C=O) groups is 1. The molecule has 7 heteroatoms. The number of hydrogen-bond acceptors (Lipinski definition) is 4. The molecular weight excluding hydrogens is 305 g/mol. The largest absolute Gasteiger partial charge is 0.271 e. The molecule has 0 saturated carbocycles. The van der Waals surface area contributed by atoms with E-state index in [0.29, 0.717) is 25.5 Å². The van der Waals surface area contributed by atoms with Crippen LogP contribution in [0.15, 0.2) is 35.7 Å². The monoisotopic (exact) mass is 313 g/mol. The van der Waals surface area contributed by atoms with E-state index in [1.54, 1.807) is 37.5 Å². The van der Waals surface area contributed by atoms with E-state index < -0.39 is 0 Å². The predicted octanol–water partition coefficient (Wildman–Crippen LogP) is 3.60. The molecular formula is C12H9Cl2N3OS. The highest BCUT2D eigenvalue weighted by atomic mass is 35.5. The van der Waals surface area contributed by atoms with Crippen molar-refractivity contribution in [2.45, 2.75) is 6.92 Å². The van der Waals surface area contributed by atoms with Crippen molar-refractivity contribution in [3.63, 3.8) is 0 Å². The van der Waals surface area contributed by atoms with Crippen molar-refractivity contribution < 1.29 is 4.79 Å². The van der Waals surface area contributed by atoms with Gasteiger partial charge in [-0.05, 0) is 25.1 Å². The number of rotatable bonds is 3. The number of nitrogens with one attached hydrogen (secondary N) is 1. The van der Waals surface area contributed by atoms with Crippen LogP contribution in [0.1, 0.15) is 22.8 Å². The van der Waals surface area contributed by atoms with Crippen molar-refractivity contribution in [3.05, 3.63) is 50.4 Å². The van der Waals surface area contributed by atoms with Gasteiger partial charge < -0.3 is 0 Å². The summed E-state index contributed by atoms with van der Waals surface area (Å²) in [6, 6.07) is 4.93. The SMILES string of the molecule is C/C(=N/NC(=O)c1ccncc1)c1cc(Cl)sc1Cl. The third kappa shape index (κ3) is 3.53. The van der Waals surface area contributed by atoms with Crippen LogP contribution in [0.25, 0.3) is 0 Å². The van der Waals surface area contributed by atoms with Gasteiger partial charge in [0, 0.05) is 23.5 Å². The molecule has 2 rings (SSSR count). The summed E-state index contributed by atoms with van der Waals surface area (Å²) in [5.41, 5.74) is 4.25. The molecule has 0 radical (unpaired) electrons. The highest BCUT2D eigenvalue weighted by Gasteiger charge is 2.09. The van der Waals surface area contributed by atoms with E-state index in [1.165, 1.54) is 11.3 Å². The Balaban J connectivity index is 2.11. The summed E-state index contributed by atoms with van der Waals surface area (Å²) in [5, 5.41) is 4.01. The van der Waals surface area contributed by atoms with Crippen LogP contribution in [0, 0.1) is 0 Å². The highest BCUT2D eigenvalue weighted by molar-refractivity contribution is 7.20. The minimum Gasteiger partial charge on any atom is -0.267 e. The fraction of sp³-hybridized carbons (Fsp3) is 0.0833. The Bertz CT molecular complexity index is 625. The van der Waals surface area contributed by atoms with E-state index in [2.05, 4.69) is 15.5 Å². The number of hydrogen-bond donors (Lipinski definition) is 1. The zero-order valence-corrected chi connectivity index (χ0v) is 12.2. The second-order valence-corrected chi connectivity index (χ2v) is 5.90. The van der Waals surface area contributed by atoms with Gasteiger partial charge in [0.05, 0.1) is 10.0 Å². The van der Waals surface area contributed by atoms with Gasteiger partial charge in [0.1, 0.15) is 4.34 Å². The zero-order chi connectivity index (χ0) is 13.8. The van der Waals surface area contributed by atoms with Crippen molar-refractivity contribution in [3.8, 4) is 0 Å². The zero-order valence-electron chi connectivity index (χ0n) is 9.85. The summed E-state index contributed by atoms with van der Waals surface area (Å²) in [6.45, 7) is 1.75. The van der Waals surface area contributed by atoms with E-state index in [-0.39, 0.29) is 5.91 Å². The Morgan fingerprint density at radius 2 is 2.05 bits per heavy atom. The van der Waals surface area contributed by atoms with Gasteiger partial charge in [0.25, 0.3) is 5.91 Å². The average Bonchev–Trinajstić information content (AvgIpc) is 2.75. The van der Waals surface area contributed by atoms with Gasteiger partial charge in [-0.3, -0.25) is 9.78 Å². The van der Waals surface area contributed by atoms with E-state index >= 15 is 0 Å². The molecule has 0 saturated heterocycles. The predicted molar refractivity (Wildman–Crippen MR) is 78.3 cm³/mol. The van der Waals surface area contributed by atoms with E-state index in [0.717, 1.165) is 0 Å². The van der Waals surface area contributed by atoms with Crippen LogP contribution in [0.2, 0.25) is 8.67 Å². The molecule has 2 heterocycles. The summed E-state index contributed by atoms with van der Waals surface area (Å²) in [5.74, 6) is -0.306. The van der Waals surface area contributed by atoms with Crippen LogP contribution in [-0.4, -0.2) is 16.6 Å². The van der Waals surface area contributed by atoms with Gasteiger partial charge >= 0.3 is 0 Å². The molecule has 1 N–H and O–H groups in total. The topological polar surface area (TPSA) is 54.4 Å². The quantitative estimate of drug-likeness (QED) is 0.695. The number of pyridine rings is 1. The van der Waals surface area contributed by atoms with E-state index in [9.17, 15) is 4.79 Å². The van der Waals surface area contributed by atoms with Crippen molar-refractivity contribution in [1.29, 1.82) is 0 Å². The molecule has 4 nitrogen and oxygen atoms in total. The molecule has 0 spiro atoms. The minimum absolute atomic E-state index is 0.306. The van der Waals surface area contributed by atoms with Crippen molar-refractivity contribution >= 4 is 46.2 Å². The lowest BCUT2D eigenvalue weighted by Crippen LogP contribution is -2.19. The molecule has 0 aliphatic carbocycles. The van der Waals surface area contributed by atoms with Gasteiger partial charge in [-0.25, -0.2) is 5.43 Å². The highest BCUT2D eigenvalue weighted by Crippen LogP contribution is 2.31. The number of nitrogens with zero attached hydrogens (tertiary/aromatic N) is 2. The molecule has 0 aliphatic heterocycles. The van der Waals surface area contributed by atoms with Crippen molar-refractivity contribution in [2.75, 3.05) is 0 Å². The summed E-state index contributed by atoms with van der Waals surface area (Å²) < 4.78 is 1.12. The average molecular weight is 314 g/mol. The number of aromatic nitrogens is 1. The summed E-state index contributed by atoms with van der Waals surface area (Å²) >= 11 is 13.1. The first-order chi connectivity index (χ1) is 9.08. The third-order valence-corrected chi connectivity index (χ3v) is 3.80. The molecule has 0 aromatic carbocycles. The maximum Gasteiger partial charge on any atom is 0.271 e. The van der Waals surface area contributed by atoms with Crippen LogP contribution in [-0.2, 0) is 0 Å². The number of thiophene rings is 1. The molecule has 1 amide bonds. The van der Waals surface area contributed by atoms with E-state index in [4.69, 9.17) is 23.2 Å². The van der Waals surface area contributed by atoms with Gasteiger partial charge in [-0.15, -0.1) is 11.3 Å². The van der Waals surface area contributed by atoms with Gasteiger partial charge in [-0.2, -0.15) is 5.10 Å². The standard InChI is InChI=1S/C12H9Cl2N3OS/c1-7(9-6-10(13)19-11(9)14)16-17-12(18)8-2-4-15-5-3-8/h2-6H,1H3,(H,17,18)/b16-7-. The van der Waals surface area contributed by atoms with Crippen molar-refractivity contribution in [1.82, 2.24) is 10.4 Å². The van der Waals surface area contributed by atoms with Crippen molar-refractivity contribution in [2.24, 2.45) is 5.10 Å². The van der Waals surface area contributed by atoms with Crippen LogP contribution in [0.5, 0.6) is 0 Å². The maximum atomic E-state index is 11.8. The fourth-order valence-corrected chi connectivity index (χ4v) is 2.91. The number of halogens is 2. The lowest BCUT2D eigenvalue weighted by molar-refractivity contribution is 0.0954. The van der Waals surface area contributed by atoms with Crippen LogP contribution in [0.4, 0.5) is 0 Å². The normalized spacial score (nSPS) is 11.4. The first-order valence-corrected chi connectivity index (χ1v) is 6.85. The Morgan fingerprint density at radius 1 is 1.37 bits per heavy atom. The minimum atomic E-state index is -0.306.